The molecule has 0 aliphatic carbocycles. The molecule has 0 unspecified atom stereocenters. The minimum absolute atomic E-state index is 0.174. The lowest BCUT2D eigenvalue weighted by molar-refractivity contribution is 0.0697. The molecule has 0 fully saturated rings. The van der Waals surface area contributed by atoms with Crippen molar-refractivity contribution < 1.29 is 14.3 Å². The number of imidazole rings is 1. The lowest BCUT2D eigenvalue weighted by Gasteiger charge is -2.08. The van der Waals surface area contributed by atoms with E-state index < -0.39 is 5.97 Å². The van der Waals surface area contributed by atoms with Crippen LogP contribution in [-0.2, 0) is 0 Å². The molecule has 0 saturated heterocycles. The quantitative estimate of drug-likeness (QED) is 0.778. The number of carbonyl (C=O) groups is 1. The van der Waals surface area contributed by atoms with Gasteiger partial charge in [-0.25, -0.2) is 14.2 Å². The van der Waals surface area contributed by atoms with E-state index in [4.69, 9.17) is 5.11 Å². The van der Waals surface area contributed by atoms with Crippen LogP contribution in [0.25, 0.3) is 16.7 Å². The molecule has 3 aromatic rings. The predicted octanol–water partition coefficient (Wildman–Crippen LogP) is 3.17. The predicted molar refractivity (Wildman–Crippen MR) is 72.7 cm³/mol. The molecule has 20 heavy (non-hydrogen) atoms. The fourth-order valence-corrected chi connectivity index (χ4v) is 2.17. The Morgan fingerprint density at radius 2 is 2.05 bits per heavy atom. The number of rotatable bonds is 2. The van der Waals surface area contributed by atoms with Gasteiger partial charge in [0.25, 0.3) is 0 Å². The van der Waals surface area contributed by atoms with E-state index in [2.05, 4.69) is 4.98 Å². The molecule has 0 aliphatic rings. The second kappa shape index (κ2) is 4.45. The smallest absolute Gasteiger partial charge is 0.335 e. The van der Waals surface area contributed by atoms with Gasteiger partial charge in [-0.05, 0) is 42.8 Å². The summed E-state index contributed by atoms with van der Waals surface area (Å²) < 4.78 is 15.1. The summed E-state index contributed by atoms with van der Waals surface area (Å²) in [6.45, 7) is 1.86. The van der Waals surface area contributed by atoms with E-state index >= 15 is 0 Å². The van der Waals surface area contributed by atoms with Crippen LogP contribution in [0.4, 0.5) is 4.39 Å². The van der Waals surface area contributed by atoms with Crippen LogP contribution in [0.15, 0.2) is 42.7 Å². The normalized spacial score (nSPS) is 10.9. The van der Waals surface area contributed by atoms with Gasteiger partial charge in [0.1, 0.15) is 12.1 Å². The van der Waals surface area contributed by atoms with Crippen LogP contribution in [0, 0.1) is 12.7 Å². The lowest BCUT2D eigenvalue weighted by atomic mass is 10.1. The molecule has 0 bridgehead atoms. The number of hydrogen-bond acceptors (Lipinski definition) is 2. The summed E-state index contributed by atoms with van der Waals surface area (Å²) in [5.74, 6) is -1.35. The zero-order valence-corrected chi connectivity index (χ0v) is 10.7. The monoisotopic (exact) mass is 270 g/mol. The van der Waals surface area contributed by atoms with E-state index in [1.54, 1.807) is 23.0 Å². The van der Waals surface area contributed by atoms with Crippen molar-refractivity contribution in [3.63, 3.8) is 0 Å². The SMILES string of the molecule is Cc1ccc(F)cc1-n1cnc2ccc(C(=O)O)cc21. The van der Waals surface area contributed by atoms with E-state index in [9.17, 15) is 9.18 Å². The molecule has 0 aliphatic heterocycles. The van der Waals surface area contributed by atoms with Gasteiger partial charge >= 0.3 is 5.97 Å². The highest BCUT2D eigenvalue weighted by molar-refractivity contribution is 5.92. The summed E-state index contributed by atoms with van der Waals surface area (Å²) in [4.78, 5) is 15.3. The molecule has 4 nitrogen and oxygen atoms in total. The lowest BCUT2D eigenvalue weighted by Crippen LogP contribution is -1.99. The first kappa shape index (κ1) is 12.3. The fourth-order valence-electron chi connectivity index (χ4n) is 2.17. The summed E-state index contributed by atoms with van der Waals surface area (Å²) in [5.41, 5.74) is 3.01. The zero-order valence-electron chi connectivity index (χ0n) is 10.7. The highest BCUT2D eigenvalue weighted by Crippen LogP contribution is 2.22. The summed E-state index contributed by atoms with van der Waals surface area (Å²) >= 11 is 0. The number of halogens is 1. The molecule has 100 valence electrons. The first-order valence-electron chi connectivity index (χ1n) is 6.03. The molecule has 1 heterocycles. The molecule has 0 saturated carbocycles. The van der Waals surface area contributed by atoms with Gasteiger partial charge < -0.3 is 5.11 Å². The van der Waals surface area contributed by atoms with Crippen molar-refractivity contribution in [1.29, 1.82) is 0 Å². The van der Waals surface area contributed by atoms with Gasteiger partial charge in [-0.1, -0.05) is 6.07 Å². The number of carboxylic acid groups (broad SMARTS) is 1. The number of aromatic carboxylic acids is 1. The Morgan fingerprint density at radius 3 is 2.80 bits per heavy atom. The maximum absolute atomic E-state index is 13.4. The molecule has 5 heteroatoms. The average Bonchev–Trinajstić information content (AvgIpc) is 2.84. The Bertz CT molecular complexity index is 824. The van der Waals surface area contributed by atoms with Crippen LogP contribution in [0.3, 0.4) is 0 Å². The van der Waals surface area contributed by atoms with Crippen molar-refractivity contribution >= 4 is 17.0 Å². The van der Waals surface area contributed by atoms with Crippen molar-refractivity contribution in [2.75, 3.05) is 0 Å². The van der Waals surface area contributed by atoms with E-state index in [1.807, 2.05) is 6.92 Å². The minimum Gasteiger partial charge on any atom is -0.478 e. The van der Waals surface area contributed by atoms with E-state index in [1.165, 1.54) is 24.3 Å². The van der Waals surface area contributed by atoms with Crippen molar-refractivity contribution in [2.24, 2.45) is 0 Å². The molecule has 2 aromatic carbocycles. The van der Waals surface area contributed by atoms with Crippen LogP contribution in [0.1, 0.15) is 15.9 Å². The third-order valence-corrected chi connectivity index (χ3v) is 3.22. The minimum atomic E-state index is -1.00. The number of aryl methyl sites for hydroxylation is 1. The number of fused-ring (bicyclic) bond motifs is 1. The van der Waals surface area contributed by atoms with Gasteiger partial charge in [0.2, 0.25) is 0 Å². The van der Waals surface area contributed by atoms with Crippen molar-refractivity contribution in [3.8, 4) is 5.69 Å². The molecule has 0 amide bonds. The highest BCUT2D eigenvalue weighted by atomic mass is 19.1. The molecule has 1 N–H and O–H groups in total. The summed E-state index contributed by atoms with van der Waals surface area (Å²) in [6, 6.07) is 9.15. The number of benzene rings is 2. The van der Waals surface area contributed by atoms with Gasteiger partial charge in [-0.2, -0.15) is 0 Å². The van der Waals surface area contributed by atoms with Gasteiger partial charge in [-0.3, -0.25) is 4.57 Å². The van der Waals surface area contributed by atoms with E-state index in [-0.39, 0.29) is 11.4 Å². The summed E-state index contributed by atoms with van der Waals surface area (Å²) in [6.07, 6.45) is 1.57. The Kier molecular flexibility index (Phi) is 2.75. The first-order chi connectivity index (χ1) is 9.56. The molecular formula is C15H11FN2O2. The van der Waals surface area contributed by atoms with Crippen LogP contribution in [0.5, 0.6) is 0 Å². The molecular weight excluding hydrogens is 259 g/mol. The van der Waals surface area contributed by atoms with Crippen molar-refractivity contribution in [2.45, 2.75) is 6.92 Å². The maximum atomic E-state index is 13.4. The number of nitrogens with zero attached hydrogens (tertiary/aromatic N) is 2. The molecule has 0 radical (unpaired) electrons. The average molecular weight is 270 g/mol. The Balaban J connectivity index is 2.28. The van der Waals surface area contributed by atoms with E-state index in [0.717, 1.165) is 5.56 Å². The standard InChI is InChI=1S/C15H11FN2O2/c1-9-2-4-11(16)7-13(9)18-8-17-12-5-3-10(15(19)20)6-14(12)18/h2-8H,1H3,(H,19,20). The van der Waals surface area contributed by atoms with Gasteiger partial charge in [-0.15, -0.1) is 0 Å². The Hall–Kier alpha value is -2.69. The first-order valence-corrected chi connectivity index (χ1v) is 6.03. The third kappa shape index (κ3) is 1.93. The Morgan fingerprint density at radius 1 is 1.25 bits per heavy atom. The van der Waals surface area contributed by atoms with Crippen LogP contribution in [0.2, 0.25) is 0 Å². The summed E-state index contributed by atoms with van der Waals surface area (Å²) in [7, 11) is 0. The van der Waals surface area contributed by atoms with Crippen LogP contribution >= 0.6 is 0 Å². The van der Waals surface area contributed by atoms with Gasteiger partial charge in [0.15, 0.2) is 0 Å². The van der Waals surface area contributed by atoms with Gasteiger partial charge in [0.05, 0.1) is 22.3 Å². The van der Waals surface area contributed by atoms with Crippen LogP contribution < -0.4 is 0 Å². The van der Waals surface area contributed by atoms with Gasteiger partial charge in [0, 0.05) is 0 Å². The number of carboxylic acids is 1. The molecule has 0 spiro atoms. The second-order valence-electron chi connectivity index (χ2n) is 4.55. The molecule has 1 aromatic heterocycles. The van der Waals surface area contributed by atoms with Crippen molar-refractivity contribution in [1.82, 2.24) is 9.55 Å². The van der Waals surface area contributed by atoms with Crippen LogP contribution in [-0.4, -0.2) is 20.6 Å². The molecule has 0 atom stereocenters. The van der Waals surface area contributed by atoms with Crippen molar-refractivity contribution in [3.05, 3.63) is 59.7 Å². The summed E-state index contributed by atoms with van der Waals surface area (Å²) in [5, 5.41) is 9.05. The second-order valence-corrected chi connectivity index (χ2v) is 4.55. The van der Waals surface area contributed by atoms with E-state index in [0.29, 0.717) is 16.7 Å². The zero-order chi connectivity index (χ0) is 14.3. The largest absolute Gasteiger partial charge is 0.478 e. The fraction of sp³-hybridized carbons (Fsp3) is 0.0667. The third-order valence-electron chi connectivity index (χ3n) is 3.22. The number of aromatic nitrogens is 2. The molecule has 3 rings (SSSR count). The number of hydrogen-bond donors (Lipinski definition) is 1. The maximum Gasteiger partial charge on any atom is 0.335 e. The topological polar surface area (TPSA) is 55.1 Å². The highest BCUT2D eigenvalue weighted by Gasteiger charge is 2.11. The Labute approximate surface area is 114 Å².